The van der Waals surface area contributed by atoms with E-state index >= 15 is 0 Å². The van der Waals surface area contributed by atoms with Gasteiger partial charge >= 0.3 is 0 Å². The first-order chi connectivity index (χ1) is 15.6. The van der Waals surface area contributed by atoms with Crippen LogP contribution < -0.4 is 14.7 Å². The molecular formula is C24H27FN4O3. The number of halogens is 1. The zero-order valence-corrected chi connectivity index (χ0v) is 18.0. The molecule has 7 nitrogen and oxygen atoms in total. The SMILES string of the molecule is O=C1C[C@H](N2CCN(c3ccc(F)cc3)CC2)C(=O)N1c1ccc(N2CCOCC2)cc1. The van der Waals surface area contributed by atoms with Gasteiger partial charge in [-0.25, -0.2) is 9.29 Å². The zero-order valence-electron chi connectivity index (χ0n) is 18.0. The fourth-order valence-corrected chi connectivity index (χ4v) is 4.75. The monoisotopic (exact) mass is 438 g/mol. The molecule has 0 saturated carbocycles. The van der Waals surface area contributed by atoms with E-state index in [0.717, 1.165) is 37.6 Å². The molecule has 1 atom stereocenters. The number of nitrogens with zero attached hydrogens (tertiary/aromatic N) is 4. The summed E-state index contributed by atoms with van der Waals surface area (Å²) >= 11 is 0. The number of rotatable bonds is 4. The topological polar surface area (TPSA) is 56.3 Å². The molecule has 0 aliphatic carbocycles. The number of morpholine rings is 1. The minimum absolute atomic E-state index is 0.149. The summed E-state index contributed by atoms with van der Waals surface area (Å²) in [7, 11) is 0. The molecule has 2 amide bonds. The third kappa shape index (κ3) is 4.08. The first-order valence-corrected chi connectivity index (χ1v) is 11.1. The third-order valence-electron chi connectivity index (χ3n) is 6.55. The van der Waals surface area contributed by atoms with Crippen LogP contribution in [0.2, 0.25) is 0 Å². The number of benzene rings is 2. The second-order valence-electron chi connectivity index (χ2n) is 8.40. The minimum atomic E-state index is -0.420. The number of hydrogen-bond acceptors (Lipinski definition) is 6. The van der Waals surface area contributed by atoms with E-state index in [9.17, 15) is 14.0 Å². The van der Waals surface area contributed by atoms with Crippen molar-refractivity contribution in [2.45, 2.75) is 12.5 Å². The van der Waals surface area contributed by atoms with Gasteiger partial charge in [-0.2, -0.15) is 0 Å². The van der Waals surface area contributed by atoms with Crippen molar-refractivity contribution >= 4 is 28.9 Å². The van der Waals surface area contributed by atoms with Gasteiger partial charge < -0.3 is 14.5 Å². The van der Waals surface area contributed by atoms with Crippen molar-refractivity contribution in [3.05, 3.63) is 54.3 Å². The summed E-state index contributed by atoms with van der Waals surface area (Å²) < 4.78 is 18.6. The van der Waals surface area contributed by atoms with Crippen molar-refractivity contribution in [1.29, 1.82) is 0 Å². The molecule has 0 bridgehead atoms. The van der Waals surface area contributed by atoms with E-state index < -0.39 is 6.04 Å². The van der Waals surface area contributed by atoms with Crippen LogP contribution >= 0.6 is 0 Å². The number of carbonyl (C=O) groups excluding carboxylic acids is 2. The first-order valence-electron chi connectivity index (χ1n) is 11.1. The van der Waals surface area contributed by atoms with Crippen molar-refractivity contribution in [2.75, 3.05) is 67.2 Å². The molecule has 0 aromatic heterocycles. The standard InChI is InChI=1S/C24H27FN4O3/c25-18-1-3-19(4-2-18)26-9-11-28(12-10-26)22-17-23(30)29(24(22)31)21-7-5-20(6-8-21)27-13-15-32-16-14-27/h1-8,22H,9-17H2/t22-/m0/s1. The number of amides is 2. The molecule has 0 unspecified atom stereocenters. The molecule has 0 radical (unpaired) electrons. The highest BCUT2D eigenvalue weighted by molar-refractivity contribution is 6.22. The maximum atomic E-state index is 13.2. The van der Waals surface area contributed by atoms with E-state index in [0.29, 0.717) is 32.0 Å². The van der Waals surface area contributed by atoms with Crippen LogP contribution in [-0.4, -0.2) is 75.2 Å². The van der Waals surface area contributed by atoms with Crippen molar-refractivity contribution < 1.29 is 18.7 Å². The van der Waals surface area contributed by atoms with Crippen molar-refractivity contribution in [2.24, 2.45) is 0 Å². The fourth-order valence-electron chi connectivity index (χ4n) is 4.75. The van der Waals surface area contributed by atoms with Gasteiger partial charge in [0.2, 0.25) is 5.91 Å². The Bertz CT molecular complexity index is 968. The molecule has 3 aliphatic rings. The van der Waals surface area contributed by atoms with E-state index in [1.54, 1.807) is 12.1 Å². The van der Waals surface area contributed by atoms with E-state index in [2.05, 4.69) is 14.7 Å². The molecule has 2 aromatic carbocycles. The summed E-state index contributed by atoms with van der Waals surface area (Å²) in [5, 5.41) is 0. The van der Waals surface area contributed by atoms with E-state index in [1.165, 1.54) is 17.0 Å². The van der Waals surface area contributed by atoms with Gasteiger partial charge in [0.05, 0.1) is 31.4 Å². The van der Waals surface area contributed by atoms with Crippen molar-refractivity contribution in [3.8, 4) is 0 Å². The molecule has 3 fully saturated rings. The molecule has 2 aromatic rings. The van der Waals surface area contributed by atoms with E-state index in [4.69, 9.17) is 4.74 Å². The fraction of sp³-hybridized carbons (Fsp3) is 0.417. The van der Waals surface area contributed by atoms with Crippen LogP contribution in [0.1, 0.15) is 6.42 Å². The van der Waals surface area contributed by atoms with Gasteiger partial charge in [0, 0.05) is 50.6 Å². The lowest BCUT2D eigenvalue weighted by Gasteiger charge is -2.38. The normalized spacial score (nSPS) is 22.7. The predicted octanol–water partition coefficient (Wildman–Crippen LogP) is 2.12. The average molecular weight is 439 g/mol. The molecule has 32 heavy (non-hydrogen) atoms. The molecule has 3 aliphatic heterocycles. The number of carbonyl (C=O) groups is 2. The predicted molar refractivity (Wildman–Crippen MR) is 121 cm³/mol. The van der Waals surface area contributed by atoms with Gasteiger partial charge in [0.15, 0.2) is 0 Å². The van der Waals surface area contributed by atoms with E-state index in [1.807, 2.05) is 24.3 Å². The van der Waals surface area contributed by atoms with Crippen LogP contribution in [0.15, 0.2) is 48.5 Å². The van der Waals surface area contributed by atoms with Crippen LogP contribution in [-0.2, 0) is 14.3 Å². The maximum Gasteiger partial charge on any atom is 0.251 e. The number of piperazine rings is 1. The molecule has 0 N–H and O–H groups in total. The van der Waals surface area contributed by atoms with Gasteiger partial charge in [-0.1, -0.05) is 0 Å². The number of ether oxygens (including phenoxy) is 1. The Morgan fingerprint density at radius 3 is 1.88 bits per heavy atom. The Balaban J connectivity index is 1.23. The number of anilines is 3. The van der Waals surface area contributed by atoms with Gasteiger partial charge in [-0.05, 0) is 48.5 Å². The molecule has 5 rings (SSSR count). The quantitative estimate of drug-likeness (QED) is 0.682. The number of imide groups is 1. The molecule has 8 heteroatoms. The Morgan fingerprint density at radius 1 is 0.719 bits per heavy atom. The highest BCUT2D eigenvalue weighted by Gasteiger charge is 2.43. The summed E-state index contributed by atoms with van der Waals surface area (Å²) in [5.74, 6) is -0.551. The highest BCUT2D eigenvalue weighted by atomic mass is 19.1. The lowest BCUT2D eigenvalue weighted by molar-refractivity contribution is -0.123. The smallest absolute Gasteiger partial charge is 0.251 e. The van der Waals surface area contributed by atoms with Crippen LogP contribution in [0.3, 0.4) is 0 Å². The third-order valence-corrected chi connectivity index (χ3v) is 6.55. The lowest BCUT2D eigenvalue weighted by atomic mass is 10.1. The van der Waals surface area contributed by atoms with Gasteiger partial charge in [0.25, 0.3) is 5.91 Å². The summed E-state index contributed by atoms with van der Waals surface area (Å²) in [6, 6.07) is 13.7. The maximum absolute atomic E-state index is 13.2. The Kier molecular flexibility index (Phi) is 5.80. The van der Waals surface area contributed by atoms with Gasteiger partial charge in [0.1, 0.15) is 5.82 Å². The second kappa shape index (κ2) is 8.88. The summed E-state index contributed by atoms with van der Waals surface area (Å²) in [6.07, 6.45) is 0.209. The lowest BCUT2D eigenvalue weighted by Crippen LogP contribution is -2.52. The second-order valence-corrected chi connectivity index (χ2v) is 8.40. The number of hydrogen-bond donors (Lipinski definition) is 0. The van der Waals surface area contributed by atoms with Crippen LogP contribution in [0.5, 0.6) is 0 Å². The molecular weight excluding hydrogens is 411 g/mol. The molecule has 3 heterocycles. The summed E-state index contributed by atoms with van der Waals surface area (Å²) in [4.78, 5) is 33.8. The van der Waals surface area contributed by atoms with Crippen LogP contribution in [0.4, 0.5) is 21.5 Å². The van der Waals surface area contributed by atoms with Gasteiger partial charge in [-0.15, -0.1) is 0 Å². The average Bonchev–Trinajstić information content (AvgIpc) is 3.14. The molecule has 168 valence electrons. The van der Waals surface area contributed by atoms with Crippen LogP contribution in [0, 0.1) is 5.82 Å². The summed E-state index contributed by atoms with van der Waals surface area (Å²) in [5.41, 5.74) is 2.68. The molecule has 3 saturated heterocycles. The van der Waals surface area contributed by atoms with E-state index in [-0.39, 0.29) is 24.1 Å². The van der Waals surface area contributed by atoms with Crippen molar-refractivity contribution in [1.82, 2.24) is 4.90 Å². The largest absolute Gasteiger partial charge is 0.378 e. The molecule has 0 spiro atoms. The Morgan fingerprint density at radius 2 is 1.25 bits per heavy atom. The highest BCUT2D eigenvalue weighted by Crippen LogP contribution is 2.29. The first kappa shape index (κ1) is 20.9. The van der Waals surface area contributed by atoms with Crippen LogP contribution in [0.25, 0.3) is 0 Å². The van der Waals surface area contributed by atoms with Crippen molar-refractivity contribution in [3.63, 3.8) is 0 Å². The zero-order chi connectivity index (χ0) is 22.1. The minimum Gasteiger partial charge on any atom is -0.378 e. The van der Waals surface area contributed by atoms with Gasteiger partial charge in [-0.3, -0.25) is 14.5 Å². The Labute approximate surface area is 186 Å². The summed E-state index contributed by atoms with van der Waals surface area (Å²) in [6.45, 7) is 5.94. The Hall–Kier alpha value is -2.97.